The normalized spacial score (nSPS) is 25.0. The third kappa shape index (κ3) is 7.27. The molecule has 2 saturated heterocycles. The van der Waals surface area contributed by atoms with Gasteiger partial charge in [0.05, 0.1) is 24.9 Å². The highest BCUT2D eigenvalue weighted by Crippen LogP contribution is 2.42. The number of hydrogen-bond acceptors (Lipinski definition) is 6. The quantitative estimate of drug-likeness (QED) is 0.324. The summed E-state index contributed by atoms with van der Waals surface area (Å²) in [4.78, 5) is 14.5. The molecular formula is C32H39N3O5. The Balaban J connectivity index is 1.23. The van der Waals surface area contributed by atoms with Crippen molar-refractivity contribution in [3.63, 3.8) is 0 Å². The zero-order chi connectivity index (χ0) is 27.9. The highest BCUT2D eigenvalue weighted by Gasteiger charge is 2.39. The van der Waals surface area contributed by atoms with Crippen LogP contribution in [0, 0.1) is 5.92 Å². The fourth-order valence-electron chi connectivity index (χ4n) is 5.38. The van der Waals surface area contributed by atoms with Crippen LogP contribution in [0.5, 0.6) is 0 Å². The molecule has 8 nitrogen and oxygen atoms in total. The number of ether oxygens (including phenoxy) is 2. The number of rotatable bonds is 9. The largest absolute Gasteiger partial charge is 0.392 e. The van der Waals surface area contributed by atoms with Gasteiger partial charge in [-0.25, -0.2) is 4.79 Å². The van der Waals surface area contributed by atoms with E-state index >= 15 is 0 Å². The number of β-amino-alcohol motifs (C(OH)–C–C–N with tert-alkyl or cyclic N) is 1. The minimum atomic E-state index is -0.549. The first-order valence-electron chi connectivity index (χ1n) is 14.0. The van der Waals surface area contributed by atoms with Crippen LogP contribution in [0.25, 0.3) is 0 Å². The fourth-order valence-corrected chi connectivity index (χ4v) is 5.38. The van der Waals surface area contributed by atoms with Gasteiger partial charge in [-0.1, -0.05) is 85.8 Å². The molecule has 5 rings (SSSR count). The number of amides is 2. The number of nitrogens with one attached hydrogen (secondary N) is 2. The summed E-state index contributed by atoms with van der Waals surface area (Å²) >= 11 is 0. The molecule has 5 atom stereocenters. The van der Waals surface area contributed by atoms with Gasteiger partial charge in [0.15, 0.2) is 6.29 Å². The van der Waals surface area contributed by atoms with Gasteiger partial charge in [-0.3, -0.25) is 4.90 Å². The predicted molar refractivity (Wildman–Crippen MR) is 152 cm³/mol. The predicted octanol–water partition coefficient (Wildman–Crippen LogP) is 4.04. The molecule has 0 bridgehead atoms. The molecule has 0 radical (unpaired) electrons. The Morgan fingerprint density at radius 1 is 0.875 bits per heavy atom. The molecule has 3 aromatic carbocycles. The molecule has 2 aliphatic heterocycles. The Kier molecular flexibility index (Phi) is 9.46. The molecule has 0 spiro atoms. The summed E-state index contributed by atoms with van der Waals surface area (Å²) in [7, 11) is 0. The van der Waals surface area contributed by atoms with Crippen molar-refractivity contribution < 1.29 is 24.5 Å². The molecule has 2 aliphatic rings. The van der Waals surface area contributed by atoms with Crippen LogP contribution in [0.15, 0.2) is 78.9 Å². The highest BCUT2D eigenvalue weighted by molar-refractivity contribution is 5.73. The third-order valence-electron chi connectivity index (χ3n) is 7.81. The van der Waals surface area contributed by atoms with Gasteiger partial charge in [-0.15, -0.1) is 0 Å². The number of aliphatic hydroxyl groups excluding tert-OH is 2. The Hall–Kier alpha value is -3.27. The van der Waals surface area contributed by atoms with Crippen LogP contribution in [0.2, 0.25) is 0 Å². The van der Waals surface area contributed by atoms with Crippen molar-refractivity contribution >= 4 is 6.03 Å². The van der Waals surface area contributed by atoms with Crippen LogP contribution in [-0.4, -0.2) is 53.0 Å². The maximum atomic E-state index is 12.2. The zero-order valence-electron chi connectivity index (χ0n) is 22.9. The van der Waals surface area contributed by atoms with Gasteiger partial charge in [-0.2, -0.15) is 0 Å². The van der Waals surface area contributed by atoms with E-state index in [0.717, 1.165) is 47.3 Å². The lowest BCUT2D eigenvalue weighted by atomic mass is 9.90. The molecule has 3 aromatic rings. The van der Waals surface area contributed by atoms with Gasteiger partial charge in [0.1, 0.15) is 0 Å². The molecule has 40 heavy (non-hydrogen) atoms. The lowest BCUT2D eigenvalue weighted by Crippen LogP contribution is -2.44. The van der Waals surface area contributed by atoms with Crippen molar-refractivity contribution in [1.82, 2.24) is 15.5 Å². The maximum absolute atomic E-state index is 12.2. The topological polar surface area (TPSA) is 103 Å². The molecule has 2 heterocycles. The van der Waals surface area contributed by atoms with E-state index in [-0.39, 0.29) is 36.9 Å². The average molecular weight is 546 g/mol. The van der Waals surface area contributed by atoms with Crippen LogP contribution in [-0.2, 0) is 29.2 Å². The summed E-state index contributed by atoms with van der Waals surface area (Å²) in [6.45, 7) is 5.28. The Bertz CT molecular complexity index is 1220. The molecule has 4 N–H and O–H groups in total. The summed E-state index contributed by atoms with van der Waals surface area (Å²) in [6.07, 6.45) is -0.311. The number of benzene rings is 3. The molecule has 0 aromatic heterocycles. The van der Waals surface area contributed by atoms with E-state index in [2.05, 4.69) is 22.5 Å². The van der Waals surface area contributed by atoms with Crippen molar-refractivity contribution in [2.45, 2.75) is 57.6 Å². The number of hydrogen-bond donors (Lipinski definition) is 4. The Morgan fingerprint density at radius 3 is 2.12 bits per heavy atom. The Labute approximate surface area is 235 Å². The summed E-state index contributed by atoms with van der Waals surface area (Å²) in [5.41, 5.74) is 4.84. The first-order chi connectivity index (χ1) is 19.5. The van der Waals surface area contributed by atoms with E-state index < -0.39 is 6.29 Å². The van der Waals surface area contributed by atoms with E-state index in [1.165, 1.54) is 0 Å². The van der Waals surface area contributed by atoms with Crippen LogP contribution >= 0.6 is 0 Å². The van der Waals surface area contributed by atoms with Gasteiger partial charge in [0.25, 0.3) is 0 Å². The highest BCUT2D eigenvalue weighted by atomic mass is 16.7. The van der Waals surface area contributed by atoms with Crippen molar-refractivity contribution in [3.05, 3.63) is 107 Å². The number of carbonyl (C=O) groups is 1. The molecular weight excluding hydrogens is 506 g/mol. The van der Waals surface area contributed by atoms with Gasteiger partial charge < -0.3 is 30.3 Å². The van der Waals surface area contributed by atoms with Gasteiger partial charge in [0, 0.05) is 44.2 Å². The van der Waals surface area contributed by atoms with Crippen molar-refractivity contribution in [2.24, 2.45) is 5.92 Å². The standard InChI is InChI=1S/C32H39N3O5/c1-22-29(20-35-16-15-28(37)19-35)39-31(40-30(22)26-11-9-25(21-36)10-12-26)27-13-7-24(8-14-27)18-34-32(38)33-17-23-5-3-2-4-6-23/h2-14,22,28-31,36-37H,15-21H2,1H3,(H2,33,34,38)/t22-,28+,29+,30+,31+/m1/s1. The summed E-state index contributed by atoms with van der Waals surface area (Å²) < 4.78 is 13.1. The van der Waals surface area contributed by atoms with E-state index in [1.54, 1.807) is 0 Å². The number of urea groups is 1. The molecule has 8 heteroatoms. The van der Waals surface area contributed by atoms with Crippen LogP contribution in [0.3, 0.4) is 0 Å². The molecule has 0 saturated carbocycles. The second-order valence-electron chi connectivity index (χ2n) is 10.8. The summed E-state index contributed by atoms with van der Waals surface area (Å²) in [5.74, 6) is 0.0897. The number of likely N-dealkylation sites (tertiary alicyclic amines) is 1. The lowest BCUT2D eigenvalue weighted by molar-refractivity contribution is -0.276. The molecule has 2 fully saturated rings. The smallest absolute Gasteiger partial charge is 0.315 e. The monoisotopic (exact) mass is 545 g/mol. The SMILES string of the molecule is C[C@@H]1[C@H](CN2CC[C@H](O)C2)O[C@H](c2ccc(CNC(=O)NCc3ccccc3)cc2)O[C@@H]1c1ccc(CO)cc1. The van der Waals surface area contributed by atoms with Crippen LogP contribution in [0.1, 0.15) is 53.6 Å². The Morgan fingerprint density at radius 2 is 1.50 bits per heavy atom. The molecule has 0 aliphatic carbocycles. The first kappa shape index (κ1) is 28.3. The number of aliphatic hydroxyl groups is 2. The lowest BCUT2D eigenvalue weighted by Gasteiger charge is -2.42. The fraction of sp³-hybridized carbons (Fsp3) is 0.406. The molecule has 212 valence electrons. The van der Waals surface area contributed by atoms with Gasteiger partial charge in [0.2, 0.25) is 0 Å². The average Bonchev–Trinajstić information content (AvgIpc) is 3.41. The first-order valence-corrected chi connectivity index (χ1v) is 14.0. The van der Waals surface area contributed by atoms with E-state index in [1.807, 2.05) is 78.9 Å². The maximum Gasteiger partial charge on any atom is 0.315 e. The van der Waals surface area contributed by atoms with Crippen LogP contribution in [0.4, 0.5) is 4.79 Å². The van der Waals surface area contributed by atoms with Crippen molar-refractivity contribution in [3.8, 4) is 0 Å². The van der Waals surface area contributed by atoms with E-state index in [4.69, 9.17) is 9.47 Å². The minimum Gasteiger partial charge on any atom is -0.392 e. The second-order valence-corrected chi connectivity index (χ2v) is 10.8. The number of carbonyl (C=O) groups excluding carboxylic acids is 1. The zero-order valence-corrected chi connectivity index (χ0v) is 22.9. The summed E-state index contributed by atoms with van der Waals surface area (Å²) in [5, 5.41) is 25.3. The number of nitrogens with zero attached hydrogens (tertiary/aromatic N) is 1. The van der Waals surface area contributed by atoms with Gasteiger partial charge in [-0.05, 0) is 28.7 Å². The van der Waals surface area contributed by atoms with Crippen molar-refractivity contribution in [1.29, 1.82) is 0 Å². The second kappa shape index (κ2) is 13.4. The summed E-state index contributed by atoms with van der Waals surface area (Å²) in [6, 6.07) is 25.4. The molecule has 2 amide bonds. The molecule has 0 unspecified atom stereocenters. The van der Waals surface area contributed by atoms with E-state index in [0.29, 0.717) is 19.6 Å². The van der Waals surface area contributed by atoms with Gasteiger partial charge >= 0.3 is 6.03 Å². The van der Waals surface area contributed by atoms with Crippen molar-refractivity contribution in [2.75, 3.05) is 19.6 Å². The van der Waals surface area contributed by atoms with E-state index in [9.17, 15) is 15.0 Å². The minimum absolute atomic E-state index is 0.00287. The van der Waals surface area contributed by atoms with Crippen LogP contribution < -0.4 is 10.6 Å². The third-order valence-corrected chi connectivity index (χ3v) is 7.81.